The smallest absolute Gasteiger partial charge is 0.0965 e. The van der Waals surface area contributed by atoms with Crippen molar-refractivity contribution in [2.45, 2.75) is 0 Å². The third-order valence-electron chi connectivity index (χ3n) is 19.9. The summed E-state index contributed by atoms with van der Waals surface area (Å²) in [6.07, 6.45) is 9.72. The highest BCUT2D eigenvalue weighted by Gasteiger charge is 2.18. The lowest BCUT2D eigenvalue weighted by Gasteiger charge is -2.15. The van der Waals surface area contributed by atoms with Crippen LogP contribution in [0.5, 0.6) is 0 Å². The van der Waals surface area contributed by atoms with Gasteiger partial charge in [-0.1, -0.05) is 212 Å². The van der Waals surface area contributed by atoms with E-state index < -0.39 is 0 Å². The van der Waals surface area contributed by atoms with E-state index in [0.717, 1.165) is 99.0 Å². The Morgan fingerprint density at radius 2 is 0.489 bits per heavy atom. The second-order valence-corrected chi connectivity index (χ2v) is 25.1. The van der Waals surface area contributed by atoms with Crippen LogP contribution in [0.25, 0.3) is 207 Å². The summed E-state index contributed by atoms with van der Waals surface area (Å²) in [6.45, 7) is 0. The SMILES string of the molecule is c1cc(-c2cnc3c(ccc4cc(-c5ccc(-c6ccc7c8ccccc8c8ccccc8c7c6)c6ncccc56)cnc43)c2)c2ccc(-c3ccc4c5ccc(-c6ccc7cc(-c8cnc9c(ccc%10cccnc%109)c8)ccc7c6)cc5c5ccccc5c4c3)cc2c1. The molecule has 0 aliphatic carbocycles. The molecule has 15 aromatic carbocycles. The third kappa shape index (κ3) is 8.18. The third-order valence-corrected chi connectivity index (χ3v) is 19.9. The molecular formula is C89H51N5. The van der Waals surface area contributed by atoms with Crippen LogP contribution in [0.3, 0.4) is 0 Å². The van der Waals surface area contributed by atoms with Crippen LogP contribution in [0, 0.1) is 0 Å². The van der Waals surface area contributed by atoms with Gasteiger partial charge in [0.05, 0.1) is 27.6 Å². The molecule has 0 fully saturated rings. The monoisotopic (exact) mass is 1190 g/mol. The van der Waals surface area contributed by atoms with Crippen LogP contribution >= 0.6 is 0 Å². The van der Waals surface area contributed by atoms with Gasteiger partial charge in [-0.05, 0) is 197 Å². The first kappa shape index (κ1) is 52.2. The van der Waals surface area contributed by atoms with E-state index in [1.54, 1.807) is 0 Å². The van der Waals surface area contributed by atoms with Gasteiger partial charge < -0.3 is 0 Å². The molecule has 0 radical (unpaired) electrons. The first-order valence-corrected chi connectivity index (χ1v) is 32.1. The van der Waals surface area contributed by atoms with Crippen molar-refractivity contribution >= 4 is 141 Å². The average molecular weight is 1190 g/mol. The number of rotatable bonds is 6. The summed E-state index contributed by atoms with van der Waals surface area (Å²) >= 11 is 0. The van der Waals surface area contributed by atoms with Crippen LogP contribution < -0.4 is 0 Å². The molecule has 5 heteroatoms. The molecule has 0 aliphatic heterocycles. The van der Waals surface area contributed by atoms with Crippen LogP contribution in [0.4, 0.5) is 0 Å². The first-order valence-electron chi connectivity index (χ1n) is 32.1. The molecular weight excluding hydrogens is 1140 g/mol. The Bertz CT molecular complexity index is 6630. The van der Waals surface area contributed by atoms with Gasteiger partial charge in [-0.15, -0.1) is 0 Å². The normalized spacial score (nSPS) is 12.0. The lowest BCUT2D eigenvalue weighted by molar-refractivity contribution is 1.37. The Balaban J connectivity index is 0.591. The molecule has 20 aromatic rings. The van der Waals surface area contributed by atoms with Gasteiger partial charge in [0.25, 0.3) is 0 Å². The van der Waals surface area contributed by atoms with E-state index in [-0.39, 0.29) is 0 Å². The summed E-state index contributed by atoms with van der Waals surface area (Å²) in [5, 5.41) is 25.2. The molecule has 0 spiro atoms. The van der Waals surface area contributed by atoms with E-state index in [0.29, 0.717) is 0 Å². The summed E-state index contributed by atoms with van der Waals surface area (Å²) in [7, 11) is 0. The molecule has 0 saturated carbocycles. The molecule has 94 heavy (non-hydrogen) atoms. The maximum atomic E-state index is 5.17. The Hall–Kier alpha value is -12.6. The molecule has 432 valence electrons. The van der Waals surface area contributed by atoms with Crippen molar-refractivity contribution < 1.29 is 0 Å². The minimum Gasteiger partial charge on any atom is -0.256 e. The number of hydrogen-bond acceptors (Lipinski definition) is 5. The topological polar surface area (TPSA) is 64.5 Å². The Kier molecular flexibility index (Phi) is 11.4. The molecule has 20 rings (SSSR count). The summed E-state index contributed by atoms with van der Waals surface area (Å²) in [4.78, 5) is 24.9. The number of benzene rings is 15. The maximum Gasteiger partial charge on any atom is 0.0965 e. The molecule has 5 aromatic heterocycles. The van der Waals surface area contributed by atoms with Crippen LogP contribution in [-0.2, 0) is 0 Å². The van der Waals surface area contributed by atoms with Crippen molar-refractivity contribution in [1.82, 2.24) is 24.9 Å². The Morgan fingerprint density at radius 1 is 0.149 bits per heavy atom. The number of aromatic nitrogens is 5. The number of fused-ring (bicyclic) bond motifs is 21. The van der Waals surface area contributed by atoms with Crippen molar-refractivity contribution in [3.8, 4) is 66.8 Å². The van der Waals surface area contributed by atoms with Gasteiger partial charge in [0.1, 0.15) is 0 Å². The molecule has 0 bridgehead atoms. The highest BCUT2D eigenvalue weighted by molar-refractivity contribution is 6.28. The van der Waals surface area contributed by atoms with E-state index >= 15 is 0 Å². The number of nitrogens with zero attached hydrogens (tertiary/aromatic N) is 5. The number of hydrogen-bond donors (Lipinski definition) is 0. The van der Waals surface area contributed by atoms with Gasteiger partial charge in [-0.3, -0.25) is 24.9 Å². The highest BCUT2D eigenvalue weighted by Crippen LogP contribution is 2.44. The van der Waals surface area contributed by atoms with Crippen molar-refractivity contribution in [3.63, 3.8) is 0 Å². The summed E-state index contributed by atoms with van der Waals surface area (Å²) in [6, 6.07) is 102. The highest BCUT2D eigenvalue weighted by atomic mass is 14.7. The minimum absolute atomic E-state index is 0.881. The molecule has 0 amide bonds. The zero-order valence-corrected chi connectivity index (χ0v) is 50.7. The van der Waals surface area contributed by atoms with E-state index in [4.69, 9.17) is 19.9 Å². The van der Waals surface area contributed by atoms with Gasteiger partial charge >= 0.3 is 0 Å². The molecule has 5 heterocycles. The second-order valence-electron chi connectivity index (χ2n) is 25.1. The lowest BCUT2D eigenvalue weighted by atomic mass is 9.89. The predicted molar refractivity (Wildman–Crippen MR) is 396 cm³/mol. The van der Waals surface area contributed by atoms with E-state index in [1.807, 2.05) is 43.1 Å². The average Bonchev–Trinajstić information content (AvgIpc) is 0.757. The number of pyridine rings is 5. The fourth-order valence-corrected chi connectivity index (χ4v) is 15.3. The lowest BCUT2D eigenvalue weighted by Crippen LogP contribution is -1.92. The van der Waals surface area contributed by atoms with Crippen LogP contribution in [0.15, 0.2) is 310 Å². The minimum atomic E-state index is 0.881. The first-order chi connectivity index (χ1) is 46.5. The molecule has 0 unspecified atom stereocenters. The molecule has 0 saturated heterocycles. The van der Waals surface area contributed by atoms with E-state index in [2.05, 4.69) is 272 Å². The fourth-order valence-electron chi connectivity index (χ4n) is 15.3. The fraction of sp³-hybridized carbons (Fsp3) is 0. The van der Waals surface area contributed by atoms with Crippen molar-refractivity contribution in [2.24, 2.45) is 0 Å². The van der Waals surface area contributed by atoms with Gasteiger partial charge in [0.2, 0.25) is 0 Å². The van der Waals surface area contributed by atoms with E-state index in [9.17, 15) is 0 Å². The predicted octanol–water partition coefficient (Wildman–Crippen LogP) is 23.7. The van der Waals surface area contributed by atoms with Crippen LogP contribution in [0.1, 0.15) is 0 Å². The molecule has 0 atom stereocenters. The zero-order chi connectivity index (χ0) is 61.5. The van der Waals surface area contributed by atoms with E-state index in [1.165, 1.54) is 108 Å². The van der Waals surface area contributed by atoms with Gasteiger partial charge in [-0.2, -0.15) is 0 Å². The van der Waals surface area contributed by atoms with Crippen molar-refractivity contribution in [3.05, 3.63) is 310 Å². The summed E-state index contributed by atoms with van der Waals surface area (Å²) in [5.41, 5.74) is 18.2. The summed E-state index contributed by atoms with van der Waals surface area (Å²) < 4.78 is 0. The van der Waals surface area contributed by atoms with Gasteiger partial charge in [-0.25, -0.2) is 0 Å². The Labute approximate surface area is 539 Å². The quantitative estimate of drug-likeness (QED) is 0.155. The van der Waals surface area contributed by atoms with Crippen molar-refractivity contribution in [2.75, 3.05) is 0 Å². The van der Waals surface area contributed by atoms with Gasteiger partial charge in [0.15, 0.2) is 0 Å². The maximum absolute atomic E-state index is 5.17. The van der Waals surface area contributed by atoms with Crippen molar-refractivity contribution in [1.29, 1.82) is 0 Å². The molecule has 5 nitrogen and oxygen atoms in total. The largest absolute Gasteiger partial charge is 0.256 e. The Morgan fingerprint density at radius 3 is 1.05 bits per heavy atom. The van der Waals surface area contributed by atoms with Crippen LogP contribution in [-0.4, -0.2) is 24.9 Å². The van der Waals surface area contributed by atoms with Gasteiger partial charge in [0, 0.05) is 80.2 Å². The zero-order valence-electron chi connectivity index (χ0n) is 50.7. The van der Waals surface area contributed by atoms with Crippen LogP contribution in [0.2, 0.25) is 0 Å². The standard InChI is InChI=1S/C89H51N5/c1-2-14-74-72(12-1)73-13-3-4-15-75(73)84-48-61(31-35-78(74)84)71-37-36-70(81-19-9-39-91-89(71)81)67-45-64-27-26-63-44-66(50-93-87(63)88(64)94-51-67)68-18-7-10-60-42-56(28-32-69(60)68)59-30-34-80-79-33-29-58(46-82(79)76-16-5-6-17-77(76)83(80)47-59)55-22-21-54-41-57(24-23-53(54)40-55)65-43-62-25-20-52-11-8-38-90-85(52)86(62)92-49-65/h1-51H. The molecule has 0 aliphatic rings. The second kappa shape index (κ2) is 20.5. The summed E-state index contributed by atoms with van der Waals surface area (Å²) in [5.74, 6) is 0. The molecule has 0 N–H and O–H groups in total.